The molecule has 1 N–H and O–H groups in total. The Morgan fingerprint density at radius 3 is 2.85 bits per heavy atom. The van der Waals surface area contributed by atoms with Crippen molar-refractivity contribution in [1.29, 1.82) is 0 Å². The van der Waals surface area contributed by atoms with Gasteiger partial charge in [-0.15, -0.1) is 0 Å². The fourth-order valence-electron chi connectivity index (χ4n) is 1.47. The summed E-state index contributed by atoms with van der Waals surface area (Å²) in [5, 5.41) is 8.63. The van der Waals surface area contributed by atoms with Crippen molar-refractivity contribution >= 4 is 28.0 Å². The zero-order chi connectivity index (χ0) is 14.8. The number of aliphatic carboxylic acids is 1. The van der Waals surface area contributed by atoms with E-state index in [0.29, 0.717) is 19.0 Å². The minimum atomic E-state index is -0.979. The lowest BCUT2D eigenvalue weighted by Crippen LogP contribution is -2.07. The third-order valence-corrected chi connectivity index (χ3v) is 3.23. The van der Waals surface area contributed by atoms with Gasteiger partial charge >= 0.3 is 5.97 Å². The van der Waals surface area contributed by atoms with E-state index in [9.17, 15) is 4.79 Å². The fraction of sp³-hybridized carbons (Fsp3) is 0.400. The molecule has 0 saturated heterocycles. The van der Waals surface area contributed by atoms with Crippen molar-refractivity contribution in [2.24, 2.45) is 0 Å². The molecule has 0 atom stereocenters. The average molecular weight is 343 g/mol. The van der Waals surface area contributed by atoms with Gasteiger partial charge in [-0.3, -0.25) is 0 Å². The van der Waals surface area contributed by atoms with E-state index in [0.717, 1.165) is 35.6 Å². The smallest absolute Gasteiger partial charge is 0.328 e. The largest absolute Gasteiger partial charge is 0.491 e. The molecule has 110 valence electrons. The van der Waals surface area contributed by atoms with Gasteiger partial charge in [-0.05, 0) is 36.3 Å². The van der Waals surface area contributed by atoms with Gasteiger partial charge in [-0.25, -0.2) is 4.79 Å². The molecule has 0 aliphatic rings. The minimum Gasteiger partial charge on any atom is -0.491 e. The molecule has 1 aromatic carbocycles. The maximum Gasteiger partial charge on any atom is 0.328 e. The van der Waals surface area contributed by atoms with E-state index in [-0.39, 0.29) is 0 Å². The van der Waals surface area contributed by atoms with E-state index in [2.05, 4.69) is 22.9 Å². The first-order chi connectivity index (χ1) is 9.63. The normalized spacial score (nSPS) is 10.9. The number of carboxylic acids is 1. The second kappa shape index (κ2) is 9.55. The van der Waals surface area contributed by atoms with Crippen molar-refractivity contribution < 1.29 is 19.4 Å². The van der Waals surface area contributed by atoms with E-state index in [1.165, 1.54) is 6.08 Å². The van der Waals surface area contributed by atoms with Crippen LogP contribution in [0.2, 0.25) is 0 Å². The molecule has 0 saturated carbocycles. The van der Waals surface area contributed by atoms with Crippen LogP contribution in [0.3, 0.4) is 0 Å². The molecule has 0 radical (unpaired) electrons. The lowest BCUT2D eigenvalue weighted by atomic mass is 10.2. The molecular formula is C15H19BrO4. The molecule has 0 aromatic heterocycles. The van der Waals surface area contributed by atoms with E-state index in [4.69, 9.17) is 14.6 Å². The number of ether oxygens (including phenoxy) is 2. The number of hydrogen-bond donors (Lipinski definition) is 1. The number of carboxylic acid groups (broad SMARTS) is 1. The topological polar surface area (TPSA) is 55.8 Å². The van der Waals surface area contributed by atoms with Crippen molar-refractivity contribution in [1.82, 2.24) is 0 Å². The summed E-state index contributed by atoms with van der Waals surface area (Å²) in [6.45, 7) is 3.91. The zero-order valence-electron chi connectivity index (χ0n) is 11.5. The van der Waals surface area contributed by atoms with Gasteiger partial charge in [0.2, 0.25) is 0 Å². The molecule has 5 heteroatoms. The van der Waals surface area contributed by atoms with Crippen molar-refractivity contribution in [2.75, 3.05) is 19.8 Å². The highest BCUT2D eigenvalue weighted by atomic mass is 79.9. The van der Waals surface area contributed by atoms with Crippen molar-refractivity contribution in [3.63, 3.8) is 0 Å². The van der Waals surface area contributed by atoms with E-state index in [1.54, 1.807) is 6.07 Å². The van der Waals surface area contributed by atoms with Gasteiger partial charge in [0.25, 0.3) is 0 Å². The van der Waals surface area contributed by atoms with Crippen LogP contribution in [0, 0.1) is 0 Å². The number of hydrogen-bond acceptors (Lipinski definition) is 3. The van der Waals surface area contributed by atoms with Crippen LogP contribution >= 0.6 is 15.9 Å². The van der Waals surface area contributed by atoms with Crippen LogP contribution in [0.25, 0.3) is 6.08 Å². The van der Waals surface area contributed by atoms with E-state index in [1.807, 2.05) is 12.1 Å². The van der Waals surface area contributed by atoms with Gasteiger partial charge in [0, 0.05) is 17.2 Å². The SMILES string of the molecule is CCCCOCCOc1ccc(Br)c(/C=C/C(=O)O)c1. The molecule has 20 heavy (non-hydrogen) atoms. The maximum atomic E-state index is 10.5. The molecule has 0 unspecified atom stereocenters. The standard InChI is InChI=1S/C15H19BrO4/c1-2-3-8-19-9-10-20-13-5-6-14(16)12(11-13)4-7-15(17)18/h4-7,11H,2-3,8-10H2,1H3,(H,17,18)/b7-4+. The van der Waals surface area contributed by atoms with Crippen molar-refractivity contribution in [3.05, 3.63) is 34.3 Å². The number of rotatable bonds is 9. The summed E-state index contributed by atoms with van der Waals surface area (Å²) in [4.78, 5) is 10.5. The second-order valence-corrected chi connectivity index (χ2v) is 5.02. The van der Waals surface area contributed by atoms with Crippen LogP contribution in [-0.2, 0) is 9.53 Å². The first-order valence-electron chi connectivity index (χ1n) is 6.54. The zero-order valence-corrected chi connectivity index (χ0v) is 13.1. The molecule has 0 fully saturated rings. The number of carbonyl (C=O) groups is 1. The summed E-state index contributed by atoms with van der Waals surface area (Å²) >= 11 is 3.37. The summed E-state index contributed by atoms with van der Waals surface area (Å²) in [6, 6.07) is 5.44. The Balaban J connectivity index is 2.46. The predicted molar refractivity (Wildman–Crippen MR) is 82.0 cm³/mol. The molecule has 0 amide bonds. The molecule has 1 aromatic rings. The first-order valence-corrected chi connectivity index (χ1v) is 7.34. The predicted octanol–water partition coefficient (Wildman–Crippen LogP) is 3.74. The molecule has 0 bridgehead atoms. The molecule has 0 aliphatic heterocycles. The molecule has 0 aliphatic carbocycles. The Labute approximate surface area is 127 Å². The van der Waals surface area contributed by atoms with Crippen LogP contribution in [0.1, 0.15) is 25.3 Å². The molecule has 0 spiro atoms. The highest BCUT2D eigenvalue weighted by molar-refractivity contribution is 9.10. The number of benzene rings is 1. The summed E-state index contributed by atoms with van der Waals surface area (Å²) in [7, 11) is 0. The average Bonchev–Trinajstić information content (AvgIpc) is 2.42. The van der Waals surface area contributed by atoms with Crippen LogP contribution < -0.4 is 4.74 Å². The van der Waals surface area contributed by atoms with Crippen LogP contribution in [-0.4, -0.2) is 30.9 Å². The fourth-order valence-corrected chi connectivity index (χ4v) is 1.85. The highest BCUT2D eigenvalue weighted by Gasteiger charge is 2.01. The highest BCUT2D eigenvalue weighted by Crippen LogP contribution is 2.23. The van der Waals surface area contributed by atoms with E-state index < -0.39 is 5.97 Å². The van der Waals surface area contributed by atoms with Gasteiger partial charge in [0.05, 0.1) is 6.61 Å². The Hall–Kier alpha value is -1.33. The monoisotopic (exact) mass is 342 g/mol. The van der Waals surface area contributed by atoms with Crippen LogP contribution in [0.15, 0.2) is 28.7 Å². The van der Waals surface area contributed by atoms with Crippen LogP contribution in [0.4, 0.5) is 0 Å². The van der Waals surface area contributed by atoms with Gasteiger partial charge in [0.1, 0.15) is 12.4 Å². The summed E-state index contributed by atoms with van der Waals surface area (Å²) in [6.07, 6.45) is 4.80. The lowest BCUT2D eigenvalue weighted by molar-refractivity contribution is -0.131. The first kappa shape index (κ1) is 16.7. The quantitative estimate of drug-likeness (QED) is 0.548. The third-order valence-electron chi connectivity index (χ3n) is 2.51. The van der Waals surface area contributed by atoms with Gasteiger partial charge in [-0.2, -0.15) is 0 Å². The maximum absolute atomic E-state index is 10.5. The van der Waals surface area contributed by atoms with Gasteiger partial charge in [-0.1, -0.05) is 29.3 Å². The van der Waals surface area contributed by atoms with Gasteiger partial charge < -0.3 is 14.6 Å². The minimum absolute atomic E-state index is 0.480. The molecular weight excluding hydrogens is 324 g/mol. The molecule has 0 heterocycles. The second-order valence-electron chi connectivity index (χ2n) is 4.17. The third kappa shape index (κ3) is 6.73. The summed E-state index contributed by atoms with van der Waals surface area (Å²) in [5.41, 5.74) is 0.761. The Kier molecular flexibility index (Phi) is 7.99. The molecule has 4 nitrogen and oxygen atoms in total. The van der Waals surface area contributed by atoms with Crippen LogP contribution in [0.5, 0.6) is 5.75 Å². The Morgan fingerprint density at radius 1 is 1.35 bits per heavy atom. The van der Waals surface area contributed by atoms with E-state index >= 15 is 0 Å². The molecule has 1 rings (SSSR count). The Bertz CT molecular complexity index is 457. The summed E-state index contributed by atoms with van der Waals surface area (Å²) in [5.74, 6) is -0.287. The van der Waals surface area contributed by atoms with Crippen molar-refractivity contribution in [3.8, 4) is 5.75 Å². The summed E-state index contributed by atoms with van der Waals surface area (Å²) < 4.78 is 11.8. The number of halogens is 1. The lowest BCUT2D eigenvalue weighted by Gasteiger charge is -2.08. The Morgan fingerprint density at radius 2 is 2.15 bits per heavy atom. The van der Waals surface area contributed by atoms with Crippen molar-refractivity contribution in [2.45, 2.75) is 19.8 Å². The number of unbranched alkanes of at least 4 members (excludes halogenated alkanes) is 1. The van der Waals surface area contributed by atoms with Gasteiger partial charge in [0.15, 0.2) is 0 Å².